The molecule has 2 aromatic carbocycles. The molecule has 1 fully saturated rings. The first-order chi connectivity index (χ1) is 19.6. The predicted octanol–water partition coefficient (Wildman–Crippen LogP) is 3.62. The molecule has 0 spiro atoms. The molecule has 2 aliphatic rings. The Morgan fingerprint density at radius 3 is 2.46 bits per heavy atom. The molecular formula is C32H30N6O3. The van der Waals surface area contributed by atoms with Crippen LogP contribution in [-0.4, -0.2) is 54.3 Å². The highest BCUT2D eigenvalue weighted by atomic mass is 16.2. The van der Waals surface area contributed by atoms with Gasteiger partial charge in [0.25, 0.3) is 0 Å². The predicted molar refractivity (Wildman–Crippen MR) is 153 cm³/mol. The third-order valence-electron chi connectivity index (χ3n) is 8.00. The van der Waals surface area contributed by atoms with E-state index in [1.807, 2.05) is 63.2 Å². The van der Waals surface area contributed by atoms with E-state index in [4.69, 9.17) is 0 Å². The van der Waals surface area contributed by atoms with Crippen molar-refractivity contribution in [2.75, 3.05) is 0 Å². The van der Waals surface area contributed by atoms with Gasteiger partial charge in [0.05, 0.1) is 10.9 Å². The largest absolute Gasteiger partial charge is 0.350 e. The third kappa shape index (κ3) is 4.65. The molecule has 2 aromatic heterocycles. The first-order valence-electron chi connectivity index (χ1n) is 13.6. The van der Waals surface area contributed by atoms with Crippen LogP contribution in [-0.2, 0) is 22.7 Å². The van der Waals surface area contributed by atoms with Crippen LogP contribution < -0.4 is 5.32 Å². The second-order valence-electron chi connectivity index (χ2n) is 11.1. The van der Waals surface area contributed by atoms with Gasteiger partial charge in [-0.3, -0.25) is 19.1 Å². The van der Waals surface area contributed by atoms with E-state index in [0.717, 1.165) is 22.3 Å². The van der Waals surface area contributed by atoms with E-state index < -0.39 is 11.5 Å². The van der Waals surface area contributed by atoms with E-state index in [2.05, 4.69) is 32.2 Å². The van der Waals surface area contributed by atoms with Crippen LogP contribution in [0.4, 0.5) is 0 Å². The molecule has 9 nitrogen and oxygen atoms in total. The summed E-state index contributed by atoms with van der Waals surface area (Å²) < 4.78 is 1.58. The van der Waals surface area contributed by atoms with Gasteiger partial charge >= 0.3 is 0 Å². The van der Waals surface area contributed by atoms with Crippen molar-refractivity contribution < 1.29 is 14.4 Å². The van der Waals surface area contributed by atoms with Crippen molar-refractivity contribution in [2.24, 2.45) is 5.41 Å². The number of carbonyl (C=O) groups excluding carboxylic acids is 3. The Hall–Kier alpha value is -4.84. The van der Waals surface area contributed by atoms with Crippen LogP contribution in [0.1, 0.15) is 47.7 Å². The number of nitrogens with one attached hydrogen (secondary N) is 1. The molecule has 3 heterocycles. The van der Waals surface area contributed by atoms with Gasteiger partial charge in [0, 0.05) is 36.8 Å². The van der Waals surface area contributed by atoms with Gasteiger partial charge in [-0.25, -0.2) is 9.97 Å². The van der Waals surface area contributed by atoms with E-state index in [1.54, 1.807) is 22.0 Å². The molecular weight excluding hydrogens is 516 g/mol. The molecule has 0 radical (unpaired) electrons. The van der Waals surface area contributed by atoms with Gasteiger partial charge < -0.3 is 10.2 Å². The molecule has 1 saturated heterocycles. The summed E-state index contributed by atoms with van der Waals surface area (Å²) in [6, 6.07) is 12.5. The first-order valence-corrected chi connectivity index (χ1v) is 13.6. The highest BCUT2D eigenvalue weighted by molar-refractivity contribution is 6.07. The molecule has 0 saturated carbocycles. The van der Waals surface area contributed by atoms with E-state index in [0.29, 0.717) is 29.7 Å². The van der Waals surface area contributed by atoms with E-state index in [-0.39, 0.29) is 35.9 Å². The average Bonchev–Trinajstić information content (AvgIpc) is 3.41. The summed E-state index contributed by atoms with van der Waals surface area (Å²) in [7, 11) is 0. The average molecular weight is 547 g/mol. The molecule has 1 aliphatic heterocycles. The lowest BCUT2D eigenvalue weighted by Crippen LogP contribution is -2.51. The quantitative estimate of drug-likeness (QED) is 0.280. The van der Waals surface area contributed by atoms with Crippen LogP contribution in [0, 0.1) is 31.1 Å². The van der Waals surface area contributed by atoms with Crippen molar-refractivity contribution in [1.29, 1.82) is 0 Å². The molecule has 1 N–H and O–H groups in total. The number of aryl methyl sites for hydroxylation is 2. The van der Waals surface area contributed by atoms with Crippen molar-refractivity contribution in [3.63, 3.8) is 0 Å². The standard InChI is InChI=1S/C32H30N6O3/c1-19-12-23(24-16-33-21(3)34-17-24)13-25-29(20(2)39)36-37(30(19)25)18-28(40)38-26(14-32(4)11-10-27(32)38)31(41)35-15-22-8-6-5-7-9-22/h5-9,12-13,16-17,26-27H,14-15,18H2,1-4H3,(H,35,41)/t26-,27+,32+/m0/s1. The summed E-state index contributed by atoms with van der Waals surface area (Å²) in [4.78, 5) is 50.1. The van der Waals surface area contributed by atoms with Crippen molar-refractivity contribution >= 4 is 28.5 Å². The molecule has 3 atom stereocenters. The van der Waals surface area contributed by atoms with Crippen molar-refractivity contribution in [2.45, 2.75) is 59.3 Å². The molecule has 4 aromatic rings. The van der Waals surface area contributed by atoms with Gasteiger partial charge in [-0.1, -0.05) is 42.2 Å². The molecule has 6 rings (SSSR count). The van der Waals surface area contributed by atoms with Crippen LogP contribution >= 0.6 is 0 Å². The lowest BCUT2D eigenvalue weighted by atomic mass is 9.76. The number of hydrogen-bond acceptors (Lipinski definition) is 6. The summed E-state index contributed by atoms with van der Waals surface area (Å²) >= 11 is 0. The van der Waals surface area contributed by atoms with Crippen molar-refractivity contribution in [1.82, 2.24) is 30.0 Å². The first kappa shape index (κ1) is 26.4. The molecule has 206 valence electrons. The van der Waals surface area contributed by atoms with Gasteiger partial charge in [0.1, 0.15) is 30.1 Å². The minimum absolute atomic E-state index is 0.117. The molecule has 0 bridgehead atoms. The molecule has 41 heavy (non-hydrogen) atoms. The smallest absolute Gasteiger partial charge is 0.246 e. The Kier molecular flexibility index (Phi) is 6.41. The summed E-state index contributed by atoms with van der Waals surface area (Å²) in [5.74, 6) is 6.28. The van der Waals surface area contributed by atoms with Gasteiger partial charge in [-0.05, 0) is 56.0 Å². The molecule has 2 amide bonds. The van der Waals surface area contributed by atoms with Crippen LogP contribution in [0.2, 0.25) is 0 Å². The number of nitrogens with zero attached hydrogens (tertiary/aromatic N) is 5. The zero-order chi connectivity index (χ0) is 28.9. The van der Waals surface area contributed by atoms with Crippen LogP contribution in [0.15, 0.2) is 54.9 Å². The van der Waals surface area contributed by atoms with Gasteiger partial charge in [0.15, 0.2) is 5.78 Å². The summed E-state index contributed by atoms with van der Waals surface area (Å²) in [5, 5.41) is 8.24. The number of Topliss-reactive ketones (excluding diaryl/α,β-unsaturated/α-hetero) is 1. The van der Waals surface area contributed by atoms with E-state index in [9.17, 15) is 14.4 Å². The Morgan fingerprint density at radius 1 is 1.07 bits per heavy atom. The molecule has 0 unspecified atom stereocenters. The maximum atomic E-state index is 13.9. The van der Waals surface area contributed by atoms with Crippen LogP contribution in [0.5, 0.6) is 0 Å². The number of carbonyl (C=O) groups is 3. The van der Waals surface area contributed by atoms with Gasteiger partial charge in [0.2, 0.25) is 11.8 Å². The van der Waals surface area contributed by atoms with Crippen molar-refractivity contribution in [3.8, 4) is 23.0 Å². The Labute approximate surface area is 238 Å². The van der Waals surface area contributed by atoms with E-state index >= 15 is 0 Å². The number of amides is 2. The second kappa shape index (κ2) is 9.97. The number of hydrogen-bond donors (Lipinski definition) is 1. The topological polar surface area (TPSA) is 110 Å². The fourth-order valence-corrected chi connectivity index (χ4v) is 5.86. The van der Waals surface area contributed by atoms with Crippen molar-refractivity contribution in [3.05, 3.63) is 77.5 Å². The summed E-state index contributed by atoms with van der Waals surface area (Å²) in [6.45, 7) is 7.47. The fourth-order valence-electron chi connectivity index (χ4n) is 5.86. The number of aromatic nitrogens is 4. The number of benzene rings is 2. The zero-order valence-corrected chi connectivity index (χ0v) is 23.4. The van der Waals surface area contributed by atoms with Gasteiger partial charge in [-0.2, -0.15) is 5.10 Å². The lowest BCUT2D eigenvalue weighted by Gasteiger charge is -2.34. The summed E-state index contributed by atoms with van der Waals surface area (Å²) in [5.41, 5.74) is 4.08. The zero-order valence-electron chi connectivity index (χ0n) is 23.4. The fraction of sp³-hybridized carbons (Fsp3) is 0.312. The highest BCUT2D eigenvalue weighted by Gasteiger charge is 2.55. The SMILES string of the molecule is CC(=O)c1nn(CC(=O)N2[C@H](C(=O)NCc3ccccc3)C[C@@]3(C)C#C[C@@H]23)c2c(C)cc(-c3cnc(C)nc3)cc12. The monoisotopic (exact) mass is 546 g/mol. The maximum Gasteiger partial charge on any atom is 0.246 e. The third-order valence-corrected chi connectivity index (χ3v) is 8.00. The Balaban J connectivity index is 1.31. The minimum Gasteiger partial charge on any atom is -0.350 e. The lowest BCUT2D eigenvalue weighted by molar-refractivity contribution is -0.140. The highest BCUT2D eigenvalue weighted by Crippen LogP contribution is 2.44. The van der Waals surface area contributed by atoms with Crippen LogP contribution in [0.3, 0.4) is 0 Å². The Bertz CT molecular complexity index is 1770. The summed E-state index contributed by atoms with van der Waals surface area (Å²) in [6.07, 6.45) is 3.96. The Morgan fingerprint density at radius 2 is 1.80 bits per heavy atom. The maximum absolute atomic E-state index is 13.9. The normalized spacial score (nSPS) is 20.6. The molecule has 9 heteroatoms. The van der Waals surface area contributed by atoms with E-state index in [1.165, 1.54) is 6.92 Å². The number of ketones is 1. The molecule has 1 aliphatic carbocycles. The van der Waals surface area contributed by atoms with Crippen LogP contribution in [0.25, 0.3) is 22.0 Å². The minimum atomic E-state index is -0.660. The second-order valence-corrected chi connectivity index (χ2v) is 11.1. The number of fused-ring (bicyclic) bond motifs is 2. The van der Waals surface area contributed by atoms with Gasteiger partial charge in [-0.15, -0.1) is 0 Å². The number of rotatable bonds is 7. The number of likely N-dealkylation sites (tertiary alicyclic amines) is 1.